The summed E-state index contributed by atoms with van der Waals surface area (Å²) in [6, 6.07) is 14.9. The van der Waals surface area contributed by atoms with E-state index in [0.29, 0.717) is 11.3 Å². The lowest BCUT2D eigenvalue weighted by Crippen LogP contribution is -2.31. The minimum Gasteiger partial charge on any atom is -0.409 e. The monoisotopic (exact) mass is 281 g/mol. The molecular formula is C16H15N3O2. The van der Waals surface area contributed by atoms with Gasteiger partial charge in [-0.1, -0.05) is 41.6 Å². The molecule has 0 saturated heterocycles. The molecule has 1 atom stereocenters. The van der Waals surface area contributed by atoms with Gasteiger partial charge in [-0.3, -0.25) is 4.79 Å². The van der Waals surface area contributed by atoms with Crippen molar-refractivity contribution in [1.29, 1.82) is 0 Å². The first-order chi connectivity index (χ1) is 10.2. The van der Waals surface area contributed by atoms with Crippen molar-refractivity contribution in [3.8, 4) is 0 Å². The molecular weight excluding hydrogens is 266 g/mol. The van der Waals surface area contributed by atoms with Crippen LogP contribution in [0.2, 0.25) is 0 Å². The number of hydrogen-bond acceptors (Lipinski definition) is 3. The van der Waals surface area contributed by atoms with Crippen LogP contribution in [-0.2, 0) is 11.2 Å². The van der Waals surface area contributed by atoms with Gasteiger partial charge in [0.1, 0.15) is 0 Å². The van der Waals surface area contributed by atoms with Crippen LogP contribution in [0.3, 0.4) is 0 Å². The maximum atomic E-state index is 12.4. The van der Waals surface area contributed by atoms with E-state index in [1.165, 1.54) is 5.56 Å². The van der Waals surface area contributed by atoms with Crippen molar-refractivity contribution in [3.63, 3.8) is 0 Å². The van der Waals surface area contributed by atoms with Crippen molar-refractivity contribution in [2.45, 2.75) is 12.3 Å². The third-order valence-corrected chi connectivity index (χ3v) is 3.74. The number of carbonyl (C=O) groups is 1. The second-order valence-electron chi connectivity index (χ2n) is 4.98. The van der Waals surface area contributed by atoms with Crippen LogP contribution in [0.4, 0.5) is 5.69 Å². The number of nitrogens with one attached hydrogen (secondary N) is 1. The summed E-state index contributed by atoms with van der Waals surface area (Å²) in [5, 5.41) is 14.6. The fourth-order valence-corrected chi connectivity index (χ4v) is 2.58. The van der Waals surface area contributed by atoms with E-state index in [9.17, 15) is 4.79 Å². The normalized spacial score (nSPS) is 16.8. The van der Waals surface area contributed by atoms with Crippen LogP contribution >= 0.6 is 0 Å². The van der Waals surface area contributed by atoms with Crippen molar-refractivity contribution in [2.24, 2.45) is 10.9 Å². The Labute approximate surface area is 122 Å². The van der Waals surface area contributed by atoms with Crippen LogP contribution in [0.25, 0.3) is 0 Å². The third-order valence-electron chi connectivity index (χ3n) is 3.74. The number of nitrogens with two attached hydrogens (primary N) is 1. The van der Waals surface area contributed by atoms with Crippen molar-refractivity contribution < 1.29 is 10.0 Å². The Hall–Kier alpha value is -2.82. The molecule has 1 aliphatic carbocycles. The number of fused-ring (bicyclic) bond motifs is 1. The average Bonchev–Trinajstić information content (AvgIpc) is 2.48. The molecule has 106 valence electrons. The molecule has 0 spiro atoms. The maximum Gasteiger partial charge on any atom is 0.232 e. The van der Waals surface area contributed by atoms with E-state index in [-0.39, 0.29) is 17.7 Å². The molecule has 4 N–H and O–H groups in total. The average molecular weight is 281 g/mol. The smallest absolute Gasteiger partial charge is 0.232 e. The predicted octanol–water partition coefficient (Wildman–Crippen LogP) is 2.06. The summed E-state index contributed by atoms with van der Waals surface area (Å²) in [5.41, 5.74) is 8.94. The molecule has 5 heteroatoms. The fraction of sp³-hybridized carbons (Fsp3) is 0.125. The quantitative estimate of drug-likeness (QED) is 0.348. The van der Waals surface area contributed by atoms with Crippen molar-refractivity contribution in [3.05, 3.63) is 65.2 Å². The molecule has 0 fully saturated rings. The zero-order chi connectivity index (χ0) is 14.8. The molecule has 0 saturated carbocycles. The molecule has 5 nitrogen and oxygen atoms in total. The standard InChI is InChI=1S/C16H15N3O2/c17-15(19-21)12-7-3-4-8-14(12)18-16(20)13-9-10-5-1-2-6-11(10)13/h1-8,13,21H,9H2,(H2,17,19)(H,18,20). The summed E-state index contributed by atoms with van der Waals surface area (Å²) in [4.78, 5) is 12.4. The van der Waals surface area contributed by atoms with Gasteiger partial charge in [0, 0.05) is 5.56 Å². The second kappa shape index (κ2) is 5.28. The summed E-state index contributed by atoms with van der Waals surface area (Å²) in [7, 11) is 0. The van der Waals surface area contributed by atoms with Gasteiger partial charge in [0.05, 0.1) is 11.6 Å². The Balaban J connectivity index is 1.81. The summed E-state index contributed by atoms with van der Waals surface area (Å²) < 4.78 is 0. The largest absolute Gasteiger partial charge is 0.409 e. The van der Waals surface area contributed by atoms with Crippen molar-refractivity contribution in [2.75, 3.05) is 5.32 Å². The second-order valence-corrected chi connectivity index (χ2v) is 4.98. The highest BCUT2D eigenvalue weighted by atomic mass is 16.4. The molecule has 0 aromatic heterocycles. The van der Waals surface area contributed by atoms with Crippen molar-refractivity contribution in [1.82, 2.24) is 0 Å². The number of amides is 1. The highest BCUT2D eigenvalue weighted by Gasteiger charge is 2.31. The van der Waals surface area contributed by atoms with Gasteiger partial charge >= 0.3 is 0 Å². The van der Waals surface area contributed by atoms with Gasteiger partial charge in [0.25, 0.3) is 0 Å². The SMILES string of the molecule is NC(=NO)c1ccccc1NC(=O)C1Cc2ccccc21. The van der Waals surface area contributed by atoms with Crippen LogP contribution in [-0.4, -0.2) is 17.0 Å². The van der Waals surface area contributed by atoms with E-state index in [0.717, 1.165) is 12.0 Å². The van der Waals surface area contributed by atoms with E-state index < -0.39 is 0 Å². The molecule has 3 rings (SSSR count). The lowest BCUT2D eigenvalue weighted by molar-refractivity contribution is -0.118. The van der Waals surface area contributed by atoms with E-state index >= 15 is 0 Å². The van der Waals surface area contributed by atoms with Gasteiger partial charge in [0.2, 0.25) is 5.91 Å². The highest BCUT2D eigenvalue weighted by Crippen LogP contribution is 2.35. The first-order valence-corrected chi connectivity index (χ1v) is 6.66. The van der Waals surface area contributed by atoms with Crippen LogP contribution < -0.4 is 11.1 Å². The molecule has 0 heterocycles. The number of anilines is 1. The Morgan fingerprint density at radius 1 is 1.19 bits per heavy atom. The number of hydrogen-bond donors (Lipinski definition) is 3. The summed E-state index contributed by atoms with van der Waals surface area (Å²) in [6.45, 7) is 0. The number of rotatable bonds is 3. The summed E-state index contributed by atoms with van der Waals surface area (Å²) >= 11 is 0. The zero-order valence-electron chi connectivity index (χ0n) is 11.3. The predicted molar refractivity (Wildman–Crippen MR) is 80.5 cm³/mol. The molecule has 0 bridgehead atoms. The highest BCUT2D eigenvalue weighted by molar-refractivity contribution is 6.07. The molecule has 2 aromatic carbocycles. The Morgan fingerprint density at radius 2 is 1.90 bits per heavy atom. The number of nitrogens with zero attached hydrogens (tertiary/aromatic N) is 1. The van der Waals surface area contributed by atoms with E-state index in [4.69, 9.17) is 10.9 Å². The van der Waals surface area contributed by atoms with Crippen LogP contribution in [0.1, 0.15) is 22.6 Å². The molecule has 1 amide bonds. The van der Waals surface area contributed by atoms with E-state index in [2.05, 4.69) is 10.5 Å². The van der Waals surface area contributed by atoms with Crippen LogP contribution in [0, 0.1) is 0 Å². The zero-order valence-corrected chi connectivity index (χ0v) is 11.3. The lowest BCUT2D eigenvalue weighted by atomic mass is 9.77. The van der Waals surface area contributed by atoms with Crippen molar-refractivity contribution >= 4 is 17.4 Å². The Bertz CT molecular complexity index is 725. The Morgan fingerprint density at radius 3 is 2.67 bits per heavy atom. The Kier molecular flexibility index (Phi) is 3.31. The number of para-hydroxylation sites is 1. The molecule has 0 aliphatic heterocycles. The van der Waals surface area contributed by atoms with Gasteiger partial charge in [-0.2, -0.15) is 0 Å². The number of benzene rings is 2. The molecule has 21 heavy (non-hydrogen) atoms. The van der Waals surface area contributed by atoms with Crippen LogP contribution in [0.5, 0.6) is 0 Å². The first-order valence-electron chi connectivity index (χ1n) is 6.66. The summed E-state index contributed by atoms with van der Waals surface area (Å²) in [6.07, 6.45) is 0.744. The minimum atomic E-state index is -0.137. The van der Waals surface area contributed by atoms with Gasteiger partial charge in [-0.05, 0) is 29.7 Å². The lowest BCUT2D eigenvalue weighted by Gasteiger charge is -2.29. The molecule has 1 unspecified atom stereocenters. The summed E-state index contributed by atoms with van der Waals surface area (Å²) in [5.74, 6) is -0.242. The fourth-order valence-electron chi connectivity index (χ4n) is 2.58. The van der Waals surface area contributed by atoms with Crippen LogP contribution in [0.15, 0.2) is 53.7 Å². The maximum absolute atomic E-state index is 12.4. The molecule has 1 aliphatic rings. The number of carbonyl (C=O) groups excluding carboxylic acids is 1. The molecule has 0 radical (unpaired) electrons. The molecule has 2 aromatic rings. The van der Waals surface area contributed by atoms with E-state index in [1.54, 1.807) is 24.3 Å². The first kappa shape index (κ1) is 13.2. The van der Waals surface area contributed by atoms with Gasteiger partial charge in [-0.25, -0.2) is 0 Å². The number of amidine groups is 1. The number of oxime groups is 1. The van der Waals surface area contributed by atoms with E-state index in [1.807, 2.05) is 24.3 Å². The minimum absolute atomic E-state index is 0.0279. The topological polar surface area (TPSA) is 87.7 Å². The van der Waals surface area contributed by atoms with Gasteiger partial charge in [0.15, 0.2) is 5.84 Å². The third kappa shape index (κ3) is 2.33. The van der Waals surface area contributed by atoms with Gasteiger partial charge < -0.3 is 16.3 Å². The van der Waals surface area contributed by atoms with Gasteiger partial charge in [-0.15, -0.1) is 0 Å².